The van der Waals surface area contributed by atoms with E-state index in [2.05, 4.69) is 31.1 Å². The Morgan fingerprint density at radius 3 is 2.72 bits per heavy atom. The molecule has 2 aromatic heterocycles. The van der Waals surface area contributed by atoms with E-state index >= 15 is 0 Å². The molecule has 1 aliphatic heterocycles. The Morgan fingerprint density at radius 2 is 1.96 bits per heavy atom. The number of ether oxygens (including phenoxy) is 1. The Kier molecular flexibility index (Phi) is 4.70. The van der Waals surface area contributed by atoms with Gasteiger partial charge in [0.05, 0.1) is 18.1 Å². The Bertz CT molecular complexity index is 904. The van der Waals surface area contributed by atoms with E-state index < -0.39 is 0 Å². The molecule has 128 valence electrons. The predicted octanol–water partition coefficient (Wildman–Crippen LogP) is 4.15. The highest BCUT2D eigenvalue weighted by Crippen LogP contribution is 2.27. The van der Waals surface area contributed by atoms with Crippen LogP contribution in [0.15, 0.2) is 47.1 Å². The number of pyridine rings is 1. The van der Waals surface area contributed by atoms with Crippen molar-refractivity contribution in [3.05, 3.63) is 51.9 Å². The van der Waals surface area contributed by atoms with Gasteiger partial charge in [-0.15, -0.1) is 11.3 Å². The summed E-state index contributed by atoms with van der Waals surface area (Å²) >= 11 is 4.79. The van der Waals surface area contributed by atoms with Gasteiger partial charge in [-0.2, -0.15) is 0 Å². The number of carbonyl (C=O) groups excluding carboxylic acids is 1. The van der Waals surface area contributed by atoms with Crippen LogP contribution in [0.4, 0.5) is 11.4 Å². The molecule has 0 spiro atoms. The number of hydrogen-bond acceptors (Lipinski definition) is 5. The maximum Gasteiger partial charge on any atom is 0.265 e. The fourth-order valence-electron chi connectivity index (χ4n) is 2.79. The quantitative estimate of drug-likeness (QED) is 0.695. The molecule has 1 aliphatic rings. The smallest absolute Gasteiger partial charge is 0.265 e. The largest absolute Gasteiger partial charge is 0.378 e. The molecule has 0 unspecified atom stereocenters. The van der Waals surface area contributed by atoms with Crippen molar-refractivity contribution in [1.29, 1.82) is 0 Å². The van der Waals surface area contributed by atoms with E-state index in [0.29, 0.717) is 4.88 Å². The van der Waals surface area contributed by atoms with Gasteiger partial charge in [-0.25, -0.2) is 4.98 Å². The summed E-state index contributed by atoms with van der Waals surface area (Å²) in [5.74, 6) is -0.113. The molecule has 0 radical (unpaired) electrons. The summed E-state index contributed by atoms with van der Waals surface area (Å²) in [6.07, 6.45) is 1.74. The number of thiophene rings is 1. The van der Waals surface area contributed by atoms with Crippen LogP contribution in [-0.2, 0) is 4.74 Å². The zero-order valence-electron chi connectivity index (χ0n) is 13.4. The third-order valence-corrected chi connectivity index (χ3v) is 5.56. The van der Waals surface area contributed by atoms with Crippen molar-refractivity contribution in [2.75, 3.05) is 36.5 Å². The minimum Gasteiger partial charge on any atom is -0.378 e. The highest BCUT2D eigenvalue weighted by atomic mass is 79.9. The highest BCUT2D eigenvalue weighted by molar-refractivity contribution is 9.10. The molecule has 3 aromatic rings. The van der Waals surface area contributed by atoms with Crippen LogP contribution in [0.1, 0.15) is 9.67 Å². The second kappa shape index (κ2) is 7.11. The van der Waals surface area contributed by atoms with Crippen LogP contribution in [-0.4, -0.2) is 37.2 Å². The zero-order chi connectivity index (χ0) is 17.2. The lowest BCUT2D eigenvalue weighted by Crippen LogP contribution is -2.36. The molecule has 1 aromatic carbocycles. The SMILES string of the molecule is O=C(Nc1ccc(N2CCOCC2)cc1)c1cc2cc(Br)cnc2s1. The number of benzene rings is 1. The summed E-state index contributed by atoms with van der Waals surface area (Å²) in [4.78, 5) is 20.6. The van der Waals surface area contributed by atoms with Crippen LogP contribution in [0.25, 0.3) is 10.2 Å². The number of amides is 1. The van der Waals surface area contributed by atoms with Crippen LogP contribution in [0, 0.1) is 0 Å². The predicted molar refractivity (Wildman–Crippen MR) is 105 cm³/mol. The maximum atomic E-state index is 12.5. The lowest BCUT2D eigenvalue weighted by Gasteiger charge is -2.28. The van der Waals surface area contributed by atoms with Crippen molar-refractivity contribution >= 4 is 54.8 Å². The number of morpholine rings is 1. The Balaban J connectivity index is 1.47. The average Bonchev–Trinajstić information content (AvgIpc) is 3.06. The van der Waals surface area contributed by atoms with Gasteiger partial charge in [0.1, 0.15) is 4.83 Å². The molecule has 25 heavy (non-hydrogen) atoms. The van der Waals surface area contributed by atoms with Gasteiger partial charge in [0, 0.05) is 40.5 Å². The molecule has 0 atom stereocenters. The van der Waals surface area contributed by atoms with E-state index in [9.17, 15) is 4.79 Å². The number of hydrogen-bond donors (Lipinski definition) is 1. The van der Waals surface area contributed by atoms with Crippen LogP contribution < -0.4 is 10.2 Å². The number of fused-ring (bicyclic) bond motifs is 1. The summed E-state index contributed by atoms with van der Waals surface area (Å²) in [5.41, 5.74) is 1.94. The first-order valence-electron chi connectivity index (χ1n) is 7.98. The van der Waals surface area contributed by atoms with Crippen LogP contribution in [0.3, 0.4) is 0 Å². The monoisotopic (exact) mass is 417 g/mol. The normalized spacial score (nSPS) is 14.7. The van der Waals surface area contributed by atoms with Crippen molar-refractivity contribution in [2.24, 2.45) is 0 Å². The summed E-state index contributed by atoms with van der Waals surface area (Å²) in [5, 5.41) is 3.92. The zero-order valence-corrected chi connectivity index (χ0v) is 15.8. The van der Waals surface area contributed by atoms with E-state index in [0.717, 1.165) is 52.4 Å². The van der Waals surface area contributed by atoms with Crippen LogP contribution in [0.5, 0.6) is 0 Å². The van der Waals surface area contributed by atoms with Crippen molar-refractivity contribution in [3.63, 3.8) is 0 Å². The first-order valence-corrected chi connectivity index (χ1v) is 9.59. The fraction of sp³-hybridized carbons (Fsp3) is 0.222. The van der Waals surface area contributed by atoms with E-state index in [1.54, 1.807) is 6.20 Å². The van der Waals surface area contributed by atoms with Gasteiger partial charge >= 0.3 is 0 Å². The number of nitrogens with zero attached hydrogens (tertiary/aromatic N) is 2. The molecular weight excluding hydrogens is 402 g/mol. The molecule has 7 heteroatoms. The van der Waals surface area contributed by atoms with Crippen LogP contribution in [0.2, 0.25) is 0 Å². The summed E-state index contributed by atoms with van der Waals surface area (Å²) in [6.45, 7) is 3.31. The Hall–Kier alpha value is -1.96. The summed E-state index contributed by atoms with van der Waals surface area (Å²) in [7, 11) is 0. The van der Waals surface area contributed by atoms with E-state index in [4.69, 9.17) is 4.74 Å². The first kappa shape index (κ1) is 16.5. The van der Waals surface area contributed by atoms with Gasteiger partial charge < -0.3 is 15.0 Å². The summed E-state index contributed by atoms with van der Waals surface area (Å²) in [6, 6.07) is 11.8. The Labute approximate surface area is 157 Å². The average molecular weight is 418 g/mol. The lowest BCUT2D eigenvalue weighted by atomic mass is 10.2. The van der Waals surface area contributed by atoms with E-state index in [-0.39, 0.29) is 5.91 Å². The topological polar surface area (TPSA) is 54.5 Å². The molecule has 1 amide bonds. The molecule has 0 saturated carbocycles. The number of nitrogens with one attached hydrogen (secondary N) is 1. The molecule has 5 nitrogen and oxygen atoms in total. The number of anilines is 2. The number of carbonyl (C=O) groups is 1. The number of halogens is 1. The van der Waals surface area contributed by atoms with Gasteiger partial charge in [0.15, 0.2) is 0 Å². The summed E-state index contributed by atoms with van der Waals surface area (Å²) < 4.78 is 6.28. The molecule has 4 rings (SSSR count). The van der Waals surface area contributed by atoms with Crippen molar-refractivity contribution in [2.45, 2.75) is 0 Å². The second-order valence-electron chi connectivity index (χ2n) is 5.76. The Morgan fingerprint density at radius 1 is 1.20 bits per heavy atom. The molecule has 0 aliphatic carbocycles. The minimum atomic E-state index is -0.113. The molecule has 3 heterocycles. The first-order chi connectivity index (χ1) is 12.2. The standard InChI is InChI=1S/C18H16BrN3O2S/c19-13-9-12-10-16(25-18(12)20-11-13)17(23)21-14-1-3-15(4-2-14)22-5-7-24-8-6-22/h1-4,9-11H,5-8H2,(H,21,23). The van der Waals surface area contributed by atoms with Crippen molar-refractivity contribution < 1.29 is 9.53 Å². The molecule has 1 fully saturated rings. The maximum absolute atomic E-state index is 12.5. The second-order valence-corrected chi connectivity index (χ2v) is 7.71. The molecule has 1 saturated heterocycles. The molecule has 0 bridgehead atoms. The van der Waals surface area contributed by atoms with Gasteiger partial charge in [-0.05, 0) is 52.3 Å². The highest BCUT2D eigenvalue weighted by Gasteiger charge is 2.13. The number of rotatable bonds is 3. The van der Waals surface area contributed by atoms with Crippen molar-refractivity contribution in [1.82, 2.24) is 4.98 Å². The lowest BCUT2D eigenvalue weighted by molar-refractivity contribution is 0.103. The number of aromatic nitrogens is 1. The molecular formula is C18H16BrN3O2S. The van der Waals surface area contributed by atoms with Crippen molar-refractivity contribution in [3.8, 4) is 0 Å². The van der Waals surface area contributed by atoms with E-state index in [1.807, 2.05) is 36.4 Å². The third-order valence-electron chi connectivity index (χ3n) is 4.06. The minimum absolute atomic E-state index is 0.113. The van der Waals surface area contributed by atoms with Gasteiger partial charge in [-0.1, -0.05) is 0 Å². The van der Waals surface area contributed by atoms with Crippen LogP contribution >= 0.6 is 27.3 Å². The van der Waals surface area contributed by atoms with Gasteiger partial charge in [0.25, 0.3) is 5.91 Å². The molecule has 1 N–H and O–H groups in total. The van der Waals surface area contributed by atoms with E-state index in [1.165, 1.54) is 11.3 Å². The van der Waals surface area contributed by atoms with Gasteiger partial charge in [0.2, 0.25) is 0 Å². The fourth-order valence-corrected chi connectivity index (χ4v) is 4.02. The third kappa shape index (κ3) is 3.68. The van der Waals surface area contributed by atoms with Gasteiger partial charge in [-0.3, -0.25) is 4.79 Å².